The summed E-state index contributed by atoms with van der Waals surface area (Å²) in [5, 5.41) is 8.82. The fraction of sp³-hybridized carbons (Fsp3) is 0.385. The summed E-state index contributed by atoms with van der Waals surface area (Å²) in [4.78, 5) is 23.7. The standard InChI is InChI=1S/C13H17NO4/c1-3-8-18-13(17)14(9-12(15)16)11-6-4-10(2)5-7-11/h4-7H,3,8-9H2,1-2H3,(H,15,16). The maximum atomic E-state index is 11.8. The molecule has 0 aliphatic rings. The van der Waals surface area contributed by atoms with Crippen molar-refractivity contribution in [2.45, 2.75) is 20.3 Å². The van der Waals surface area contributed by atoms with Crippen molar-refractivity contribution in [3.63, 3.8) is 0 Å². The number of ether oxygens (including phenoxy) is 1. The van der Waals surface area contributed by atoms with Crippen LogP contribution < -0.4 is 4.90 Å². The van der Waals surface area contributed by atoms with Gasteiger partial charge in [0, 0.05) is 5.69 Å². The van der Waals surface area contributed by atoms with Gasteiger partial charge in [0.15, 0.2) is 0 Å². The van der Waals surface area contributed by atoms with Gasteiger partial charge in [-0.3, -0.25) is 9.69 Å². The van der Waals surface area contributed by atoms with Crippen LogP contribution in [0.3, 0.4) is 0 Å². The van der Waals surface area contributed by atoms with E-state index in [4.69, 9.17) is 9.84 Å². The van der Waals surface area contributed by atoms with Crippen LogP contribution in [0.15, 0.2) is 24.3 Å². The molecule has 1 rings (SSSR count). The third-order valence-electron chi connectivity index (χ3n) is 2.29. The minimum Gasteiger partial charge on any atom is -0.480 e. The minimum atomic E-state index is -1.08. The fourth-order valence-corrected chi connectivity index (χ4v) is 1.39. The number of carbonyl (C=O) groups excluding carboxylic acids is 1. The molecule has 0 aliphatic carbocycles. The van der Waals surface area contributed by atoms with Crippen molar-refractivity contribution >= 4 is 17.7 Å². The van der Waals surface area contributed by atoms with Crippen molar-refractivity contribution in [2.24, 2.45) is 0 Å². The Kier molecular flexibility index (Phi) is 5.17. The van der Waals surface area contributed by atoms with Crippen LogP contribution in [0.5, 0.6) is 0 Å². The van der Waals surface area contributed by atoms with Gasteiger partial charge in [-0.2, -0.15) is 0 Å². The maximum Gasteiger partial charge on any atom is 0.414 e. The summed E-state index contributed by atoms with van der Waals surface area (Å²) >= 11 is 0. The number of hydrogen-bond acceptors (Lipinski definition) is 3. The molecule has 0 aliphatic heterocycles. The summed E-state index contributed by atoms with van der Waals surface area (Å²) in [5.41, 5.74) is 1.56. The van der Waals surface area contributed by atoms with Gasteiger partial charge in [0.2, 0.25) is 0 Å². The van der Waals surface area contributed by atoms with Gasteiger partial charge >= 0.3 is 12.1 Å². The zero-order valence-electron chi connectivity index (χ0n) is 10.5. The molecule has 1 aromatic carbocycles. The summed E-state index contributed by atoms with van der Waals surface area (Å²) in [7, 11) is 0. The number of nitrogens with zero attached hydrogens (tertiary/aromatic N) is 1. The van der Waals surface area contributed by atoms with Crippen molar-refractivity contribution in [1.82, 2.24) is 0 Å². The van der Waals surface area contributed by atoms with E-state index in [1.54, 1.807) is 12.1 Å². The molecule has 5 heteroatoms. The van der Waals surface area contributed by atoms with E-state index in [1.807, 2.05) is 26.0 Å². The number of rotatable bonds is 5. The molecule has 0 radical (unpaired) electrons. The van der Waals surface area contributed by atoms with Crippen LogP contribution in [0.4, 0.5) is 10.5 Å². The average molecular weight is 251 g/mol. The second-order valence-corrected chi connectivity index (χ2v) is 3.93. The van der Waals surface area contributed by atoms with Crippen molar-refractivity contribution < 1.29 is 19.4 Å². The number of hydrogen-bond donors (Lipinski definition) is 1. The van der Waals surface area contributed by atoms with Gasteiger partial charge in [0.05, 0.1) is 6.61 Å². The fourth-order valence-electron chi connectivity index (χ4n) is 1.39. The van der Waals surface area contributed by atoms with Crippen molar-refractivity contribution in [3.05, 3.63) is 29.8 Å². The number of carboxylic acids is 1. The monoisotopic (exact) mass is 251 g/mol. The number of benzene rings is 1. The highest BCUT2D eigenvalue weighted by Gasteiger charge is 2.19. The van der Waals surface area contributed by atoms with E-state index >= 15 is 0 Å². The van der Waals surface area contributed by atoms with E-state index < -0.39 is 18.6 Å². The Labute approximate surface area is 106 Å². The van der Waals surface area contributed by atoms with Crippen LogP contribution in [-0.2, 0) is 9.53 Å². The van der Waals surface area contributed by atoms with Crippen LogP contribution in [0, 0.1) is 6.92 Å². The van der Waals surface area contributed by atoms with Gasteiger partial charge in [0.25, 0.3) is 0 Å². The Morgan fingerprint density at radius 1 is 1.28 bits per heavy atom. The van der Waals surface area contributed by atoms with E-state index in [1.165, 1.54) is 0 Å². The normalized spacial score (nSPS) is 9.89. The van der Waals surface area contributed by atoms with E-state index in [0.29, 0.717) is 12.1 Å². The Hall–Kier alpha value is -2.04. The van der Waals surface area contributed by atoms with Gasteiger partial charge in [-0.15, -0.1) is 0 Å². The topological polar surface area (TPSA) is 66.8 Å². The average Bonchev–Trinajstić information content (AvgIpc) is 2.34. The number of anilines is 1. The van der Waals surface area contributed by atoms with Gasteiger partial charge in [-0.1, -0.05) is 24.6 Å². The molecule has 0 atom stereocenters. The molecule has 1 N–H and O–H groups in total. The van der Waals surface area contributed by atoms with E-state index in [0.717, 1.165) is 10.5 Å². The quantitative estimate of drug-likeness (QED) is 0.872. The molecule has 0 heterocycles. The smallest absolute Gasteiger partial charge is 0.414 e. The number of carbonyl (C=O) groups is 2. The van der Waals surface area contributed by atoms with Gasteiger partial charge in [-0.25, -0.2) is 4.79 Å². The van der Waals surface area contributed by atoms with Crippen LogP contribution in [-0.4, -0.2) is 30.3 Å². The Balaban J connectivity index is 2.86. The van der Waals surface area contributed by atoms with E-state index in [-0.39, 0.29) is 6.61 Å². The van der Waals surface area contributed by atoms with Crippen LogP contribution >= 0.6 is 0 Å². The highest BCUT2D eigenvalue weighted by atomic mass is 16.6. The lowest BCUT2D eigenvalue weighted by Crippen LogP contribution is -2.36. The lowest BCUT2D eigenvalue weighted by Gasteiger charge is -2.20. The third kappa shape index (κ3) is 4.08. The summed E-state index contributed by atoms with van der Waals surface area (Å²) in [6.45, 7) is 3.66. The van der Waals surface area contributed by atoms with Crippen molar-refractivity contribution in [2.75, 3.05) is 18.1 Å². The predicted molar refractivity (Wildman–Crippen MR) is 67.8 cm³/mol. The Bertz CT molecular complexity index is 414. The van der Waals surface area contributed by atoms with Crippen LogP contribution in [0.2, 0.25) is 0 Å². The highest BCUT2D eigenvalue weighted by Crippen LogP contribution is 2.16. The molecule has 18 heavy (non-hydrogen) atoms. The molecule has 1 aromatic rings. The summed E-state index contributed by atoms with van der Waals surface area (Å²) < 4.78 is 4.96. The molecule has 5 nitrogen and oxygen atoms in total. The number of amides is 1. The molecule has 0 fully saturated rings. The first-order chi connectivity index (χ1) is 8.54. The van der Waals surface area contributed by atoms with Crippen LogP contribution in [0.1, 0.15) is 18.9 Å². The second kappa shape index (κ2) is 6.64. The Morgan fingerprint density at radius 3 is 2.39 bits per heavy atom. The number of aryl methyl sites for hydroxylation is 1. The molecule has 1 amide bonds. The minimum absolute atomic E-state index is 0.279. The van der Waals surface area contributed by atoms with E-state index in [2.05, 4.69) is 0 Å². The molecule has 0 spiro atoms. The second-order valence-electron chi connectivity index (χ2n) is 3.93. The van der Waals surface area contributed by atoms with Crippen LogP contribution in [0.25, 0.3) is 0 Å². The molecular weight excluding hydrogens is 234 g/mol. The Morgan fingerprint density at radius 2 is 1.89 bits per heavy atom. The number of carboxylic acid groups (broad SMARTS) is 1. The lowest BCUT2D eigenvalue weighted by atomic mass is 10.2. The zero-order chi connectivity index (χ0) is 13.5. The molecular formula is C13H17NO4. The molecule has 0 saturated carbocycles. The van der Waals surface area contributed by atoms with Gasteiger partial charge in [0.1, 0.15) is 6.54 Å². The molecule has 0 bridgehead atoms. The van der Waals surface area contributed by atoms with E-state index in [9.17, 15) is 9.59 Å². The summed E-state index contributed by atoms with van der Waals surface area (Å²) in [6, 6.07) is 7.03. The first kappa shape index (κ1) is 14.0. The van der Waals surface area contributed by atoms with Gasteiger partial charge < -0.3 is 9.84 Å². The SMILES string of the molecule is CCCOC(=O)N(CC(=O)O)c1ccc(C)cc1. The number of aliphatic carboxylic acids is 1. The molecule has 0 saturated heterocycles. The first-order valence-corrected chi connectivity index (χ1v) is 5.77. The molecule has 98 valence electrons. The van der Waals surface area contributed by atoms with Crippen molar-refractivity contribution in [3.8, 4) is 0 Å². The lowest BCUT2D eigenvalue weighted by molar-refractivity contribution is -0.135. The largest absolute Gasteiger partial charge is 0.480 e. The highest BCUT2D eigenvalue weighted by molar-refractivity contribution is 5.92. The predicted octanol–water partition coefficient (Wildman–Crippen LogP) is 2.43. The molecule has 0 unspecified atom stereocenters. The third-order valence-corrected chi connectivity index (χ3v) is 2.29. The van der Waals surface area contributed by atoms with Crippen molar-refractivity contribution in [1.29, 1.82) is 0 Å². The molecule has 0 aromatic heterocycles. The summed E-state index contributed by atoms with van der Waals surface area (Å²) in [5.74, 6) is -1.08. The first-order valence-electron chi connectivity index (χ1n) is 5.77. The maximum absolute atomic E-state index is 11.8. The summed E-state index contributed by atoms with van der Waals surface area (Å²) in [6.07, 6.45) is 0.0590. The van der Waals surface area contributed by atoms with Gasteiger partial charge in [-0.05, 0) is 25.5 Å². The zero-order valence-corrected chi connectivity index (χ0v) is 10.5.